The first kappa shape index (κ1) is 32.5. The van der Waals surface area contributed by atoms with Crippen LogP contribution in [-0.2, 0) is 15.8 Å². The number of alkyl halides is 3. The number of halogens is 4. The molecule has 47 heavy (non-hydrogen) atoms. The third kappa shape index (κ3) is 6.19. The summed E-state index contributed by atoms with van der Waals surface area (Å²) in [6.45, 7) is -0.111. The number of benzene rings is 2. The minimum absolute atomic E-state index is 0.0145. The molecule has 3 aliphatic rings. The van der Waals surface area contributed by atoms with Crippen LogP contribution in [0.25, 0.3) is 11.3 Å². The largest absolute Gasteiger partial charge is 0.489 e. The fraction of sp³-hybridized carbons (Fsp3) is 0.424. The number of hydrogen-bond donors (Lipinski definition) is 4. The van der Waals surface area contributed by atoms with E-state index in [-0.39, 0.29) is 64.9 Å². The summed E-state index contributed by atoms with van der Waals surface area (Å²) in [7, 11) is 0. The summed E-state index contributed by atoms with van der Waals surface area (Å²) in [5.74, 6) is -2.21. The van der Waals surface area contributed by atoms with Gasteiger partial charge in [-0.25, -0.2) is 9.37 Å². The van der Waals surface area contributed by atoms with E-state index < -0.39 is 53.2 Å². The number of pyridine rings is 1. The molecule has 14 heteroatoms. The fourth-order valence-electron chi connectivity index (χ4n) is 5.69. The number of nitrogens with one attached hydrogen (secondary N) is 1. The number of aliphatic hydroxyl groups excluding tert-OH is 1. The monoisotopic (exact) mass is 659 g/mol. The number of amides is 2. The van der Waals surface area contributed by atoms with Gasteiger partial charge in [0.15, 0.2) is 11.5 Å². The average molecular weight is 660 g/mol. The number of primary amides is 1. The maximum Gasteiger partial charge on any atom is 0.424 e. The highest BCUT2D eigenvalue weighted by atomic mass is 19.4. The second-order valence-corrected chi connectivity index (χ2v) is 12.3. The zero-order valence-corrected chi connectivity index (χ0v) is 25.3. The fourth-order valence-corrected chi connectivity index (χ4v) is 5.69. The van der Waals surface area contributed by atoms with E-state index >= 15 is 0 Å². The molecule has 250 valence electrons. The number of ether oxygens (including phenoxy) is 3. The van der Waals surface area contributed by atoms with Crippen molar-refractivity contribution in [3.8, 4) is 28.5 Å². The number of carbonyl (C=O) groups is 2. The van der Waals surface area contributed by atoms with Crippen LogP contribution in [0, 0.1) is 11.7 Å². The van der Waals surface area contributed by atoms with Crippen LogP contribution < -0.4 is 25.3 Å². The molecule has 2 fully saturated rings. The maximum absolute atomic E-state index is 14.9. The highest BCUT2D eigenvalue weighted by Crippen LogP contribution is 2.56. The zero-order valence-electron chi connectivity index (χ0n) is 25.3. The number of rotatable bonds is 12. The molecule has 0 bridgehead atoms. The van der Waals surface area contributed by atoms with Gasteiger partial charge in [-0.1, -0.05) is 0 Å². The Morgan fingerprint density at radius 1 is 1.11 bits per heavy atom. The summed E-state index contributed by atoms with van der Waals surface area (Å²) >= 11 is 0. The van der Waals surface area contributed by atoms with Gasteiger partial charge in [-0.15, -0.1) is 0 Å². The predicted molar refractivity (Wildman–Crippen MR) is 158 cm³/mol. The van der Waals surface area contributed by atoms with Crippen molar-refractivity contribution in [2.24, 2.45) is 11.7 Å². The van der Waals surface area contributed by atoms with Gasteiger partial charge in [0.1, 0.15) is 35.9 Å². The number of fused-ring (bicyclic) bond motifs is 1. The van der Waals surface area contributed by atoms with Crippen molar-refractivity contribution in [3.63, 3.8) is 0 Å². The van der Waals surface area contributed by atoms with Crippen LogP contribution in [0.1, 0.15) is 54.2 Å². The Balaban J connectivity index is 1.37. The predicted octanol–water partition coefficient (Wildman–Crippen LogP) is 3.89. The molecule has 2 aromatic carbocycles. The summed E-state index contributed by atoms with van der Waals surface area (Å²) in [5, 5.41) is 23.1. The Morgan fingerprint density at radius 3 is 2.40 bits per heavy atom. The Labute approximate surface area is 266 Å². The quantitative estimate of drug-likeness (QED) is 0.214. The van der Waals surface area contributed by atoms with Gasteiger partial charge < -0.3 is 35.5 Å². The summed E-state index contributed by atoms with van der Waals surface area (Å²) < 4.78 is 75.6. The smallest absolute Gasteiger partial charge is 0.424 e. The first-order valence-electron chi connectivity index (χ1n) is 15.2. The van der Waals surface area contributed by atoms with E-state index in [2.05, 4.69) is 10.3 Å². The molecule has 3 atom stereocenters. The molecule has 0 unspecified atom stereocenters. The summed E-state index contributed by atoms with van der Waals surface area (Å²) in [6, 6.07) is 9.75. The van der Waals surface area contributed by atoms with Crippen molar-refractivity contribution in [1.82, 2.24) is 10.3 Å². The Kier molecular flexibility index (Phi) is 8.29. The van der Waals surface area contributed by atoms with Crippen LogP contribution >= 0.6 is 0 Å². The SMILES string of the molecule is C[C@@H](O)COc1ccc(C(=O)NC[C@](O)(c2cc3c(c(-c4ccc(F)cc4)n2)OC[C@]3(C(N)=O)C2CC2)C(F)(F)F)cc1OC1CC1. The van der Waals surface area contributed by atoms with Crippen LogP contribution in [0.4, 0.5) is 17.6 Å². The normalized spacial score (nSPS) is 20.8. The second-order valence-electron chi connectivity index (χ2n) is 12.3. The van der Waals surface area contributed by atoms with E-state index in [1.54, 1.807) is 0 Å². The topological polar surface area (TPSA) is 153 Å². The lowest BCUT2D eigenvalue weighted by molar-refractivity contribution is -0.265. The highest BCUT2D eigenvalue weighted by molar-refractivity contribution is 5.95. The van der Waals surface area contributed by atoms with E-state index in [1.807, 2.05) is 0 Å². The molecule has 2 saturated carbocycles. The maximum atomic E-state index is 14.9. The zero-order chi connectivity index (χ0) is 33.7. The Morgan fingerprint density at radius 2 is 1.81 bits per heavy atom. The standard InChI is InChI=1S/C33H33F4N3O7/c1-17(41)14-45-24-11-4-19(12-25(24)47-22-9-10-22)29(42)39-15-32(44,33(35,36)37)26-13-23-28(27(40-26)18-2-7-21(34)8-3-18)46-16-31(23,30(38)43)20-5-6-20/h2-4,7-8,11-13,17,20,22,41,44H,5-6,9-10,14-16H2,1H3,(H2,38,43)(H,39,42)/t17-,31+,32+/m1/s1. The number of aromatic nitrogens is 1. The third-order valence-electron chi connectivity index (χ3n) is 8.63. The number of aliphatic hydroxyl groups is 2. The molecule has 0 spiro atoms. The molecule has 6 rings (SSSR count). The number of hydrogen-bond acceptors (Lipinski definition) is 8. The number of nitrogens with zero attached hydrogens (tertiary/aromatic N) is 1. The highest BCUT2D eigenvalue weighted by Gasteiger charge is 2.60. The van der Waals surface area contributed by atoms with Crippen molar-refractivity contribution in [1.29, 1.82) is 0 Å². The van der Waals surface area contributed by atoms with Crippen molar-refractivity contribution in [2.75, 3.05) is 19.8 Å². The molecular formula is C33H33F4N3O7. The molecule has 1 aromatic heterocycles. The molecular weight excluding hydrogens is 626 g/mol. The van der Waals surface area contributed by atoms with Crippen LogP contribution in [0.15, 0.2) is 48.5 Å². The molecule has 0 radical (unpaired) electrons. The first-order chi connectivity index (χ1) is 22.2. The molecule has 5 N–H and O–H groups in total. The van der Waals surface area contributed by atoms with Gasteiger partial charge in [0.2, 0.25) is 11.5 Å². The van der Waals surface area contributed by atoms with Gasteiger partial charge in [0, 0.05) is 16.7 Å². The van der Waals surface area contributed by atoms with Crippen molar-refractivity contribution < 1.29 is 51.6 Å². The van der Waals surface area contributed by atoms with Crippen LogP contribution in [0.5, 0.6) is 17.2 Å². The first-order valence-corrected chi connectivity index (χ1v) is 15.2. The van der Waals surface area contributed by atoms with Crippen LogP contribution in [-0.4, -0.2) is 65.2 Å². The van der Waals surface area contributed by atoms with E-state index in [1.165, 1.54) is 37.3 Å². The van der Waals surface area contributed by atoms with Crippen molar-refractivity contribution >= 4 is 11.8 Å². The molecule has 3 aromatic rings. The van der Waals surface area contributed by atoms with Gasteiger partial charge in [-0.3, -0.25) is 9.59 Å². The molecule has 0 saturated heterocycles. The average Bonchev–Trinajstić information content (AvgIpc) is 3.97. The van der Waals surface area contributed by atoms with Gasteiger partial charge >= 0.3 is 6.18 Å². The lowest BCUT2D eigenvalue weighted by Gasteiger charge is -2.32. The van der Waals surface area contributed by atoms with Gasteiger partial charge in [-0.2, -0.15) is 13.2 Å². The minimum Gasteiger partial charge on any atom is -0.489 e. The third-order valence-corrected chi connectivity index (χ3v) is 8.63. The van der Waals surface area contributed by atoms with Crippen molar-refractivity contribution in [3.05, 3.63) is 71.2 Å². The van der Waals surface area contributed by atoms with Crippen molar-refractivity contribution in [2.45, 2.75) is 62.0 Å². The summed E-state index contributed by atoms with van der Waals surface area (Å²) in [6.07, 6.45) is -3.52. The van der Waals surface area contributed by atoms with Crippen LogP contribution in [0.2, 0.25) is 0 Å². The van der Waals surface area contributed by atoms with E-state index in [0.29, 0.717) is 12.8 Å². The number of carbonyl (C=O) groups excluding carboxylic acids is 2. The van der Waals surface area contributed by atoms with Gasteiger partial charge in [-0.05, 0) is 87.1 Å². The lowest BCUT2D eigenvalue weighted by atomic mass is 9.76. The van der Waals surface area contributed by atoms with Gasteiger partial charge in [0.05, 0.1) is 24.4 Å². The lowest BCUT2D eigenvalue weighted by Crippen LogP contribution is -2.52. The van der Waals surface area contributed by atoms with Crippen LogP contribution in [0.3, 0.4) is 0 Å². The minimum atomic E-state index is -5.37. The molecule has 10 nitrogen and oxygen atoms in total. The second kappa shape index (κ2) is 12.0. The molecule has 2 heterocycles. The van der Waals surface area contributed by atoms with Gasteiger partial charge in [0.25, 0.3) is 5.91 Å². The molecule has 2 amide bonds. The summed E-state index contributed by atoms with van der Waals surface area (Å²) in [4.78, 5) is 30.3. The van der Waals surface area contributed by atoms with E-state index in [4.69, 9.17) is 19.9 Å². The number of nitrogens with two attached hydrogens (primary N) is 1. The molecule has 1 aliphatic heterocycles. The Hall–Kier alpha value is -4.43. The van der Waals surface area contributed by atoms with E-state index in [0.717, 1.165) is 31.0 Å². The summed E-state index contributed by atoms with van der Waals surface area (Å²) in [5.41, 5.74) is -0.276. The van der Waals surface area contributed by atoms with E-state index in [9.17, 15) is 37.4 Å². The molecule has 2 aliphatic carbocycles. The Bertz CT molecular complexity index is 1690.